The van der Waals surface area contributed by atoms with Crippen LogP contribution in [0.25, 0.3) is 0 Å². The lowest BCUT2D eigenvalue weighted by Gasteiger charge is -2.17. The summed E-state index contributed by atoms with van der Waals surface area (Å²) < 4.78 is 5.58. The number of carboxylic acids is 1. The van der Waals surface area contributed by atoms with Gasteiger partial charge in [-0.3, -0.25) is 0 Å². The molecule has 1 unspecified atom stereocenters. The van der Waals surface area contributed by atoms with Crippen molar-refractivity contribution in [2.24, 2.45) is 0 Å². The highest BCUT2D eigenvalue weighted by atomic mass is 16.5. The molecule has 0 radical (unpaired) electrons. The van der Waals surface area contributed by atoms with E-state index in [0.29, 0.717) is 18.7 Å². The molecule has 1 atom stereocenters. The van der Waals surface area contributed by atoms with E-state index in [1.165, 1.54) is 0 Å². The van der Waals surface area contributed by atoms with Gasteiger partial charge in [0.15, 0.2) is 6.10 Å². The normalized spacial score (nSPS) is 11.7. The van der Waals surface area contributed by atoms with Crippen molar-refractivity contribution in [3.63, 3.8) is 0 Å². The second-order valence-corrected chi connectivity index (χ2v) is 4.69. The molecule has 0 bridgehead atoms. The Morgan fingerprint density at radius 2 is 1.81 bits per heavy atom. The van der Waals surface area contributed by atoms with Gasteiger partial charge in [-0.15, -0.1) is 0 Å². The van der Waals surface area contributed by atoms with Crippen LogP contribution in [-0.4, -0.2) is 17.2 Å². The Bertz CT molecular complexity index is 584. The quantitative estimate of drug-likeness (QED) is 0.817. The molecule has 0 saturated heterocycles. The van der Waals surface area contributed by atoms with Crippen LogP contribution in [0.3, 0.4) is 0 Å². The highest BCUT2D eigenvalue weighted by Gasteiger charge is 2.18. The summed E-state index contributed by atoms with van der Waals surface area (Å²) in [4.78, 5) is 11.1. The van der Waals surface area contributed by atoms with E-state index in [-0.39, 0.29) is 0 Å². The van der Waals surface area contributed by atoms with E-state index in [0.717, 1.165) is 11.3 Å². The lowest BCUT2D eigenvalue weighted by atomic mass is 10.2. The van der Waals surface area contributed by atoms with E-state index in [1.807, 2.05) is 48.5 Å². The number of aliphatic carboxylic acids is 1. The van der Waals surface area contributed by atoms with E-state index in [1.54, 1.807) is 13.0 Å². The number of ether oxygens (including phenoxy) is 1. The topological polar surface area (TPSA) is 58.6 Å². The van der Waals surface area contributed by atoms with Gasteiger partial charge in [0.25, 0.3) is 0 Å². The third-order valence-corrected chi connectivity index (χ3v) is 3.13. The van der Waals surface area contributed by atoms with E-state index < -0.39 is 12.1 Å². The maximum absolute atomic E-state index is 11.1. The molecule has 0 aromatic heterocycles. The fourth-order valence-electron chi connectivity index (χ4n) is 1.97. The van der Waals surface area contributed by atoms with Crippen molar-refractivity contribution in [1.82, 2.24) is 0 Å². The predicted octanol–water partition coefficient (Wildman–Crippen LogP) is 3.54. The van der Waals surface area contributed by atoms with Gasteiger partial charge in [0, 0.05) is 6.54 Å². The second-order valence-electron chi connectivity index (χ2n) is 4.69. The van der Waals surface area contributed by atoms with Gasteiger partial charge in [0.1, 0.15) is 5.75 Å². The molecule has 2 aromatic rings. The summed E-state index contributed by atoms with van der Waals surface area (Å²) in [5.74, 6) is -0.391. The summed E-state index contributed by atoms with van der Waals surface area (Å²) in [6, 6.07) is 17.4. The van der Waals surface area contributed by atoms with Gasteiger partial charge in [-0.25, -0.2) is 4.79 Å². The fourth-order valence-corrected chi connectivity index (χ4v) is 1.97. The Morgan fingerprint density at radius 1 is 1.14 bits per heavy atom. The number of hydrogen-bond acceptors (Lipinski definition) is 3. The smallest absolute Gasteiger partial charge is 0.344 e. The minimum atomic E-state index is -0.949. The molecule has 0 amide bonds. The summed E-state index contributed by atoms with van der Waals surface area (Å²) in [5.41, 5.74) is 1.94. The third-order valence-electron chi connectivity index (χ3n) is 3.13. The van der Waals surface area contributed by atoms with Crippen molar-refractivity contribution in [3.8, 4) is 5.75 Å². The van der Waals surface area contributed by atoms with Gasteiger partial charge in [0.2, 0.25) is 0 Å². The Kier molecular flexibility index (Phi) is 5.21. The number of carbonyl (C=O) groups is 1. The van der Waals surface area contributed by atoms with Gasteiger partial charge < -0.3 is 15.2 Å². The largest absolute Gasteiger partial charge is 0.479 e. The van der Waals surface area contributed by atoms with Crippen LogP contribution in [0.5, 0.6) is 5.75 Å². The van der Waals surface area contributed by atoms with Crippen molar-refractivity contribution in [2.75, 3.05) is 5.32 Å². The molecule has 21 heavy (non-hydrogen) atoms. The average molecular weight is 285 g/mol. The number of hydrogen-bond donors (Lipinski definition) is 2. The monoisotopic (exact) mass is 285 g/mol. The standard InChI is InChI=1S/C17H19NO3/c1-2-15(17(19)20)21-16-11-7-6-10-14(16)18-12-13-8-4-3-5-9-13/h3-11,15,18H,2,12H2,1H3,(H,19,20). The Morgan fingerprint density at radius 3 is 2.48 bits per heavy atom. The molecule has 0 aliphatic rings. The Hall–Kier alpha value is -2.49. The molecule has 0 spiro atoms. The second kappa shape index (κ2) is 7.33. The summed E-state index contributed by atoms with van der Waals surface area (Å²) in [6.45, 7) is 2.45. The number of benzene rings is 2. The lowest BCUT2D eigenvalue weighted by Crippen LogP contribution is -2.26. The van der Waals surface area contributed by atoms with E-state index in [9.17, 15) is 4.79 Å². The van der Waals surface area contributed by atoms with Gasteiger partial charge in [0.05, 0.1) is 5.69 Å². The van der Waals surface area contributed by atoms with E-state index in [4.69, 9.17) is 9.84 Å². The molecular weight excluding hydrogens is 266 g/mol. The Labute approximate surface area is 124 Å². The van der Waals surface area contributed by atoms with Crippen LogP contribution in [0.1, 0.15) is 18.9 Å². The van der Waals surface area contributed by atoms with Gasteiger partial charge in [-0.05, 0) is 24.1 Å². The summed E-state index contributed by atoms with van der Waals surface area (Å²) in [7, 11) is 0. The highest BCUT2D eigenvalue weighted by molar-refractivity contribution is 5.73. The van der Waals surface area contributed by atoms with Crippen LogP contribution < -0.4 is 10.1 Å². The summed E-state index contributed by atoms with van der Waals surface area (Å²) in [5, 5.41) is 12.4. The van der Waals surface area contributed by atoms with Gasteiger partial charge >= 0.3 is 5.97 Å². The number of nitrogens with one attached hydrogen (secondary N) is 1. The van der Waals surface area contributed by atoms with Crippen molar-refractivity contribution >= 4 is 11.7 Å². The molecule has 110 valence electrons. The first-order valence-corrected chi connectivity index (χ1v) is 6.97. The third kappa shape index (κ3) is 4.24. The van der Waals surface area contributed by atoms with Gasteiger partial charge in [-0.2, -0.15) is 0 Å². The van der Waals surface area contributed by atoms with E-state index >= 15 is 0 Å². The molecule has 2 N–H and O–H groups in total. The minimum Gasteiger partial charge on any atom is -0.479 e. The maximum Gasteiger partial charge on any atom is 0.344 e. The number of carboxylic acid groups (broad SMARTS) is 1. The summed E-state index contributed by atoms with van der Waals surface area (Å²) >= 11 is 0. The molecule has 2 rings (SSSR count). The maximum atomic E-state index is 11.1. The van der Waals surface area contributed by atoms with Crippen LogP contribution >= 0.6 is 0 Å². The zero-order chi connectivity index (χ0) is 15.1. The lowest BCUT2D eigenvalue weighted by molar-refractivity contribution is -0.145. The van der Waals surface area contributed by atoms with Crippen LogP contribution in [0, 0.1) is 0 Å². The first-order chi connectivity index (χ1) is 10.2. The number of anilines is 1. The zero-order valence-corrected chi connectivity index (χ0v) is 12.0. The summed E-state index contributed by atoms with van der Waals surface area (Å²) in [6.07, 6.45) is -0.410. The molecule has 0 fully saturated rings. The number of rotatable bonds is 7. The zero-order valence-electron chi connectivity index (χ0n) is 12.0. The molecule has 0 heterocycles. The van der Waals surface area contributed by atoms with Gasteiger partial charge in [-0.1, -0.05) is 49.4 Å². The van der Waals surface area contributed by atoms with Crippen molar-refractivity contribution in [1.29, 1.82) is 0 Å². The molecule has 0 saturated carbocycles. The van der Waals surface area contributed by atoms with Crippen LogP contribution in [-0.2, 0) is 11.3 Å². The van der Waals surface area contributed by atoms with Crippen LogP contribution in [0.15, 0.2) is 54.6 Å². The van der Waals surface area contributed by atoms with Crippen LogP contribution in [0.4, 0.5) is 5.69 Å². The van der Waals surface area contributed by atoms with Crippen molar-refractivity contribution < 1.29 is 14.6 Å². The number of para-hydroxylation sites is 2. The Balaban J connectivity index is 2.08. The molecule has 2 aromatic carbocycles. The first kappa shape index (κ1) is 14.9. The average Bonchev–Trinajstić information content (AvgIpc) is 2.52. The SMILES string of the molecule is CCC(Oc1ccccc1NCc1ccccc1)C(=O)O. The van der Waals surface area contributed by atoms with Crippen molar-refractivity contribution in [2.45, 2.75) is 26.0 Å². The molecule has 4 nitrogen and oxygen atoms in total. The molecular formula is C17H19NO3. The fraction of sp³-hybridized carbons (Fsp3) is 0.235. The minimum absolute atomic E-state index is 0.419. The first-order valence-electron chi connectivity index (χ1n) is 6.97. The molecule has 0 aliphatic heterocycles. The van der Waals surface area contributed by atoms with E-state index in [2.05, 4.69) is 5.32 Å². The van der Waals surface area contributed by atoms with Crippen LogP contribution in [0.2, 0.25) is 0 Å². The molecule has 4 heteroatoms. The predicted molar refractivity (Wildman–Crippen MR) is 82.6 cm³/mol. The highest BCUT2D eigenvalue weighted by Crippen LogP contribution is 2.26. The van der Waals surface area contributed by atoms with Crippen molar-refractivity contribution in [3.05, 3.63) is 60.2 Å². The molecule has 0 aliphatic carbocycles.